The lowest BCUT2D eigenvalue weighted by Crippen LogP contribution is -2.70. The number of carbonyl (C=O) groups excluding carboxylic acids is 2. The zero-order valence-electron chi connectivity index (χ0n) is 62.3. The van der Waals surface area contributed by atoms with Gasteiger partial charge in [-0.05, 0) is 12.8 Å². The van der Waals surface area contributed by atoms with Gasteiger partial charge in [0.15, 0.2) is 12.6 Å². The molecule has 3 fully saturated rings. The van der Waals surface area contributed by atoms with Crippen LogP contribution in [0.5, 0.6) is 0 Å². The number of carboxylic acids is 1. The maximum Gasteiger partial charge on any atom is 0.364 e. The molecule has 18 unspecified atom stereocenters. The first-order chi connectivity index (χ1) is 48.4. The first-order valence-corrected chi connectivity index (χ1v) is 40.4. The maximum atomic E-state index is 13.6. The minimum atomic E-state index is -3.08. The summed E-state index contributed by atoms with van der Waals surface area (Å²) < 4.78 is 35.0. The second-order valence-electron chi connectivity index (χ2n) is 29.6. The molecule has 100 heavy (non-hydrogen) atoms. The number of unbranched alkanes of at least 4 members (excludes halogenated alkanes) is 44. The molecule has 14 N–H and O–H groups in total. The summed E-state index contributed by atoms with van der Waals surface area (Å²) in [6, 6.07) is -2.53. The number of hydrogen-bond acceptors (Lipinski definition) is 20. The van der Waals surface area contributed by atoms with E-state index in [-0.39, 0.29) is 18.9 Å². The predicted molar refractivity (Wildman–Crippen MR) is 385 cm³/mol. The fraction of sp³-hybridized carbons (Fsp3) is 0.961. The topological polar surface area (TPSA) is 373 Å². The monoisotopic (exact) mass is 1440 g/mol. The van der Waals surface area contributed by atoms with Crippen molar-refractivity contribution in [3.8, 4) is 0 Å². The summed E-state index contributed by atoms with van der Waals surface area (Å²) in [4.78, 5) is 38.7. The minimum absolute atomic E-state index is 0.230. The van der Waals surface area contributed by atoms with Crippen molar-refractivity contribution < 1.29 is 104 Å². The van der Waals surface area contributed by atoms with Crippen molar-refractivity contribution in [3.05, 3.63) is 0 Å². The summed E-state index contributed by atoms with van der Waals surface area (Å²) in [5.74, 6) is -6.09. The van der Waals surface area contributed by atoms with Crippen LogP contribution in [0.1, 0.15) is 335 Å². The van der Waals surface area contributed by atoms with Crippen molar-refractivity contribution in [2.45, 2.75) is 445 Å². The Hall–Kier alpha value is -2.27. The summed E-state index contributed by atoms with van der Waals surface area (Å²) in [5.41, 5.74) is 0. The Balaban J connectivity index is 1.49. The van der Waals surface area contributed by atoms with Gasteiger partial charge in [0, 0.05) is 19.8 Å². The Morgan fingerprint density at radius 1 is 0.480 bits per heavy atom. The summed E-state index contributed by atoms with van der Waals surface area (Å²) >= 11 is 0. The van der Waals surface area contributed by atoms with Crippen molar-refractivity contribution in [3.63, 3.8) is 0 Å². The van der Waals surface area contributed by atoms with Gasteiger partial charge in [-0.3, -0.25) is 9.59 Å². The molecule has 590 valence electrons. The number of aliphatic hydroxyl groups is 11. The smallest absolute Gasteiger partial charge is 0.364 e. The highest BCUT2D eigenvalue weighted by Crippen LogP contribution is 2.39. The van der Waals surface area contributed by atoms with Crippen molar-refractivity contribution in [2.24, 2.45) is 0 Å². The van der Waals surface area contributed by atoms with E-state index in [4.69, 9.17) is 28.4 Å². The zero-order chi connectivity index (χ0) is 73.2. The number of amides is 2. The number of aliphatic hydroxyl groups excluding tert-OH is 11. The lowest BCUT2D eigenvalue weighted by atomic mass is 9.88. The fourth-order valence-electron chi connectivity index (χ4n) is 14.4. The van der Waals surface area contributed by atoms with Crippen molar-refractivity contribution in [2.75, 3.05) is 26.4 Å². The van der Waals surface area contributed by atoms with E-state index in [9.17, 15) is 75.7 Å². The van der Waals surface area contributed by atoms with Gasteiger partial charge in [-0.25, -0.2) is 4.79 Å². The second kappa shape index (κ2) is 57.0. The molecular weight excluding hydrogens is 1290 g/mol. The molecule has 0 aromatic carbocycles. The van der Waals surface area contributed by atoms with E-state index in [0.717, 1.165) is 51.9 Å². The van der Waals surface area contributed by atoms with Crippen LogP contribution in [0.15, 0.2) is 0 Å². The molecule has 3 saturated heterocycles. The third-order valence-corrected chi connectivity index (χ3v) is 20.8. The summed E-state index contributed by atoms with van der Waals surface area (Å²) in [6.07, 6.45) is 29.6. The normalized spacial score (nSPS) is 26.9. The Labute approximate surface area is 601 Å². The van der Waals surface area contributed by atoms with Gasteiger partial charge in [-0.2, -0.15) is 0 Å². The molecule has 3 heterocycles. The van der Waals surface area contributed by atoms with Crippen LogP contribution in [0.2, 0.25) is 0 Å². The molecule has 23 heteroatoms. The van der Waals surface area contributed by atoms with Gasteiger partial charge >= 0.3 is 5.97 Å². The van der Waals surface area contributed by atoms with Crippen LogP contribution < -0.4 is 10.6 Å². The number of aliphatic carboxylic acids is 1. The maximum absolute atomic E-state index is 13.6. The van der Waals surface area contributed by atoms with Crippen molar-refractivity contribution in [1.82, 2.24) is 10.6 Å². The molecule has 23 nitrogen and oxygen atoms in total. The van der Waals surface area contributed by atoms with Gasteiger partial charge in [0.2, 0.25) is 11.8 Å². The molecule has 0 radical (unpaired) electrons. The molecule has 18 atom stereocenters. The molecular formula is C77H146N2O21. The lowest BCUT2D eigenvalue weighted by Gasteiger charge is -2.50. The molecule has 2 amide bonds. The molecule has 0 bridgehead atoms. The van der Waals surface area contributed by atoms with Gasteiger partial charge in [0.25, 0.3) is 5.79 Å². The molecule has 0 aromatic rings. The van der Waals surface area contributed by atoms with E-state index in [2.05, 4.69) is 24.5 Å². The first-order valence-electron chi connectivity index (χ1n) is 40.4. The predicted octanol–water partition coefficient (Wildman–Crippen LogP) is 10.4. The van der Waals surface area contributed by atoms with Crippen LogP contribution in [-0.2, 0) is 42.8 Å². The average molecular weight is 1440 g/mol. The third kappa shape index (κ3) is 37.3. The molecule has 3 aliphatic rings. The summed E-state index contributed by atoms with van der Waals surface area (Å²) in [7, 11) is 0. The van der Waals surface area contributed by atoms with E-state index in [1.54, 1.807) is 0 Å². The van der Waals surface area contributed by atoms with Crippen molar-refractivity contribution >= 4 is 17.8 Å². The average Bonchev–Trinajstić information content (AvgIpc) is 0.743. The highest BCUT2D eigenvalue weighted by atomic mass is 16.8. The van der Waals surface area contributed by atoms with Gasteiger partial charge in [-0.15, -0.1) is 0 Å². The second-order valence-corrected chi connectivity index (χ2v) is 29.6. The first kappa shape index (κ1) is 91.9. The number of carboxylic acid groups (broad SMARTS) is 1. The quantitative estimate of drug-likeness (QED) is 0.0252. The zero-order valence-corrected chi connectivity index (χ0v) is 62.3. The Bertz CT molecular complexity index is 2000. The number of nitrogens with one attached hydrogen (secondary N) is 2. The minimum Gasteiger partial charge on any atom is -0.477 e. The molecule has 0 aromatic heterocycles. The van der Waals surface area contributed by atoms with E-state index < -0.39 is 148 Å². The van der Waals surface area contributed by atoms with E-state index in [1.165, 1.54) is 238 Å². The van der Waals surface area contributed by atoms with Crippen LogP contribution in [-0.4, -0.2) is 215 Å². The molecule has 0 spiro atoms. The highest BCUT2D eigenvalue weighted by molar-refractivity contribution is 5.77. The SMILES string of the molecule is CCCCCCCCCCCCCCCCCCCCCCCCCCCCCCC(=O)NC(COC1OC(CO)C(OC2OC(CO)C(O)C(OC3(C(=O)O)CC(O)C(NC(C)=O)C(C(O)C(O)CO)O3)C2O)C(O)C1O)C(O)CCCCCCCCCCCCCCCCCCCC. The van der Waals surface area contributed by atoms with Crippen LogP contribution in [0.3, 0.4) is 0 Å². The van der Waals surface area contributed by atoms with Gasteiger partial charge in [0.1, 0.15) is 67.1 Å². The third-order valence-electron chi connectivity index (χ3n) is 20.8. The highest BCUT2D eigenvalue weighted by Gasteiger charge is 2.60. The van der Waals surface area contributed by atoms with Gasteiger partial charge < -0.3 is 100 Å². The number of ether oxygens (including phenoxy) is 6. The summed E-state index contributed by atoms with van der Waals surface area (Å²) in [6.45, 7) is 2.27. The number of carbonyl (C=O) groups is 3. The van der Waals surface area contributed by atoms with Crippen LogP contribution in [0, 0.1) is 0 Å². The van der Waals surface area contributed by atoms with Crippen molar-refractivity contribution in [1.29, 1.82) is 0 Å². The van der Waals surface area contributed by atoms with E-state index in [0.29, 0.717) is 19.3 Å². The standard InChI is InChI=1S/C77H146N2O21/c1-4-6-8-10-12-14-16-18-20-22-24-25-26-27-28-29-30-31-32-33-35-37-39-41-43-45-47-49-51-64(87)79-58(59(84)50-48-46-44-42-40-38-36-34-23-21-19-17-15-13-11-9-7-5-2)56-95-74-69(91)68(90)71(63(55-82)97-74)98-75-70(92)73(67(89)62(54-81)96-75)100-77(76(93)94)52-60(85)65(78-57(3)83)72(99-77)66(88)61(86)53-80/h58-63,65-75,80-82,84-86,88-92H,4-56H2,1-3H3,(H,78,83)(H,79,87)(H,93,94). The Morgan fingerprint density at radius 2 is 0.870 bits per heavy atom. The number of hydrogen-bond donors (Lipinski definition) is 14. The number of rotatable bonds is 64. The van der Waals surface area contributed by atoms with E-state index >= 15 is 0 Å². The van der Waals surface area contributed by atoms with Crippen LogP contribution >= 0.6 is 0 Å². The molecule has 3 rings (SSSR count). The van der Waals surface area contributed by atoms with Crippen LogP contribution in [0.4, 0.5) is 0 Å². The largest absolute Gasteiger partial charge is 0.477 e. The Kier molecular flexibility index (Phi) is 52.4. The summed E-state index contributed by atoms with van der Waals surface area (Å²) in [5, 5.41) is 137. The molecule has 3 aliphatic heterocycles. The molecule has 0 saturated carbocycles. The molecule has 0 aliphatic carbocycles. The van der Waals surface area contributed by atoms with Gasteiger partial charge in [0.05, 0.1) is 50.7 Å². The fourth-order valence-corrected chi connectivity index (χ4v) is 14.4. The lowest BCUT2D eigenvalue weighted by molar-refractivity contribution is -0.386. The Morgan fingerprint density at radius 3 is 1.25 bits per heavy atom. The van der Waals surface area contributed by atoms with Gasteiger partial charge in [-0.1, -0.05) is 303 Å². The van der Waals surface area contributed by atoms with Crippen LogP contribution in [0.25, 0.3) is 0 Å². The van der Waals surface area contributed by atoms with E-state index in [1.807, 2.05) is 0 Å².